The van der Waals surface area contributed by atoms with E-state index in [2.05, 4.69) is 15.6 Å². The van der Waals surface area contributed by atoms with Crippen molar-refractivity contribution in [2.24, 2.45) is 0 Å². The Morgan fingerprint density at radius 1 is 1.11 bits per heavy atom. The number of carbonyl (C=O) groups excluding carboxylic acids is 2. The van der Waals surface area contributed by atoms with Gasteiger partial charge in [-0.1, -0.05) is 36.4 Å². The molecule has 0 bridgehead atoms. The highest BCUT2D eigenvalue weighted by molar-refractivity contribution is 5.89. The quantitative estimate of drug-likeness (QED) is 0.344. The first-order valence-electron chi connectivity index (χ1n) is 12.3. The Kier molecular flexibility index (Phi) is 7.61. The molecule has 194 valence electrons. The number of nitrogens with one attached hydrogen (secondary N) is 1. The summed E-state index contributed by atoms with van der Waals surface area (Å²) < 4.78 is 12.7. The number of rotatable bonds is 10. The Morgan fingerprint density at radius 3 is 2.49 bits per heavy atom. The second-order valence-corrected chi connectivity index (χ2v) is 9.68. The molecule has 0 radical (unpaired) electrons. The van der Waals surface area contributed by atoms with Crippen LogP contribution in [0, 0.1) is 6.92 Å². The van der Waals surface area contributed by atoms with Gasteiger partial charge in [0.25, 0.3) is 5.91 Å². The SMILES string of the molecule is CCC(C)(C)NC(=O)[C@@H](c1ccc(C)o1)N(Cc1ccc(OC)cc1)C(=O)Cn1nnc2ccccc21. The van der Waals surface area contributed by atoms with Gasteiger partial charge in [-0.15, -0.1) is 5.10 Å². The van der Waals surface area contributed by atoms with Gasteiger partial charge in [-0.25, -0.2) is 4.68 Å². The van der Waals surface area contributed by atoms with Crippen molar-refractivity contribution in [3.8, 4) is 5.75 Å². The summed E-state index contributed by atoms with van der Waals surface area (Å²) in [5.41, 5.74) is 1.81. The molecule has 0 fully saturated rings. The second-order valence-electron chi connectivity index (χ2n) is 9.68. The maximum atomic E-state index is 13.9. The highest BCUT2D eigenvalue weighted by Crippen LogP contribution is 2.28. The molecule has 9 heteroatoms. The molecule has 9 nitrogen and oxygen atoms in total. The third kappa shape index (κ3) is 5.99. The smallest absolute Gasteiger partial charge is 0.251 e. The van der Waals surface area contributed by atoms with E-state index in [1.807, 2.05) is 76.2 Å². The van der Waals surface area contributed by atoms with Crippen LogP contribution in [0.15, 0.2) is 65.1 Å². The average Bonchev–Trinajstić information content (AvgIpc) is 3.50. The lowest BCUT2D eigenvalue weighted by Crippen LogP contribution is -2.50. The van der Waals surface area contributed by atoms with E-state index in [-0.39, 0.29) is 24.9 Å². The number of hydrogen-bond acceptors (Lipinski definition) is 6. The molecule has 37 heavy (non-hydrogen) atoms. The fourth-order valence-electron chi connectivity index (χ4n) is 4.02. The first-order valence-corrected chi connectivity index (χ1v) is 12.3. The Bertz CT molecular complexity index is 1370. The van der Waals surface area contributed by atoms with Crippen molar-refractivity contribution >= 4 is 22.8 Å². The Balaban J connectivity index is 1.74. The van der Waals surface area contributed by atoms with Crippen LogP contribution >= 0.6 is 0 Å². The molecular formula is C28H33N5O4. The number of carbonyl (C=O) groups is 2. The molecule has 0 unspecified atom stereocenters. The molecule has 1 atom stereocenters. The first kappa shape index (κ1) is 25.9. The van der Waals surface area contributed by atoms with Crippen molar-refractivity contribution in [2.75, 3.05) is 7.11 Å². The summed E-state index contributed by atoms with van der Waals surface area (Å²) in [4.78, 5) is 29.2. The second kappa shape index (κ2) is 10.9. The van der Waals surface area contributed by atoms with E-state index in [1.54, 1.807) is 23.9 Å². The Morgan fingerprint density at radius 2 is 1.84 bits per heavy atom. The number of benzene rings is 2. The van der Waals surface area contributed by atoms with E-state index in [1.165, 1.54) is 4.90 Å². The van der Waals surface area contributed by atoms with Crippen molar-refractivity contribution in [1.82, 2.24) is 25.2 Å². The number of aryl methyl sites for hydroxylation is 1. The minimum atomic E-state index is -0.982. The predicted octanol–water partition coefficient (Wildman–Crippen LogP) is 4.42. The highest BCUT2D eigenvalue weighted by atomic mass is 16.5. The summed E-state index contributed by atoms with van der Waals surface area (Å²) in [5, 5.41) is 11.4. The van der Waals surface area contributed by atoms with Gasteiger partial charge in [0.2, 0.25) is 5.91 Å². The number of amides is 2. The fraction of sp³-hybridized carbons (Fsp3) is 0.357. The molecule has 0 spiro atoms. The number of fused-ring (bicyclic) bond motifs is 1. The summed E-state index contributed by atoms with van der Waals surface area (Å²) >= 11 is 0. The fourth-order valence-corrected chi connectivity index (χ4v) is 4.02. The van der Waals surface area contributed by atoms with E-state index in [9.17, 15) is 9.59 Å². The average molecular weight is 504 g/mol. The number of furan rings is 1. The molecule has 2 aromatic carbocycles. The van der Waals surface area contributed by atoms with Gasteiger partial charge in [0.1, 0.15) is 29.3 Å². The van der Waals surface area contributed by atoms with E-state index in [4.69, 9.17) is 9.15 Å². The van der Waals surface area contributed by atoms with Crippen molar-refractivity contribution in [3.63, 3.8) is 0 Å². The lowest BCUT2D eigenvalue weighted by atomic mass is 10.0. The van der Waals surface area contributed by atoms with Gasteiger partial charge in [0, 0.05) is 12.1 Å². The third-order valence-corrected chi connectivity index (χ3v) is 6.47. The van der Waals surface area contributed by atoms with E-state index >= 15 is 0 Å². The van der Waals surface area contributed by atoms with Crippen LogP contribution in [-0.2, 0) is 22.7 Å². The van der Waals surface area contributed by atoms with Gasteiger partial charge in [-0.2, -0.15) is 0 Å². The molecule has 0 aliphatic heterocycles. The lowest BCUT2D eigenvalue weighted by Gasteiger charge is -2.33. The zero-order valence-electron chi connectivity index (χ0n) is 21.9. The molecule has 2 heterocycles. The van der Waals surface area contributed by atoms with Crippen LogP contribution in [0.1, 0.15) is 50.3 Å². The number of aromatic nitrogens is 3. The molecule has 0 saturated carbocycles. The largest absolute Gasteiger partial charge is 0.497 e. The standard InChI is InChI=1S/C28H33N5O4/c1-6-28(3,4)29-27(35)26(24-16-11-19(2)37-24)32(17-20-12-14-21(36-5)15-13-20)25(34)18-33-23-10-8-7-9-22(23)30-31-33/h7-16,26H,6,17-18H2,1-5H3,(H,29,35)/t26-/m1/s1. The predicted molar refractivity (Wildman–Crippen MR) is 140 cm³/mol. The molecule has 0 aliphatic carbocycles. The zero-order chi connectivity index (χ0) is 26.6. The Hall–Kier alpha value is -4.14. The van der Waals surface area contributed by atoms with Gasteiger partial charge >= 0.3 is 0 Å². The van der Waals surface area contributed by atoms with Gasteiger partial charge < -0.3 is 19.4 Å². The van der Waals surface area contributed by atoms with Crippen LogP contribution in [0.25, 0.3) is 11.0 Å². The molecular weight excluding hydrogens is 470 g/mol. The molecule has 4 rings (SSSR count). The van der Waals surface area contributed by atoms with E-state index in [0.717, 1.165) is 17.5 Å². The minimum absolute atomic E-state index is 0.0860. The topological polar surface area (TPSA) is 102 Å². The number of ether oxygens (including phenoxy) is 1. The number of para-hydroxylation sites is 1. The lowest BCUT2D eigenvalue weighted by molar-refractivity contribution is -0.143. The van der Waals surface area contributed by atoms with Crippen LogP contribution in [0.4, 0.5) is 0 Å². The van der Waals surface area contributed by atoms with Gasteiger partial charge in [-0.05, 0) is 69.2 Å². The number of hydrogen-bond donors (Lipinski definition) is 1. The molecule has 1 N–H and O–H groups in total. The summed E-state index contributed by atoms with van der Waals surface area (Å²) in [7, 11) is 1.60. The van der Waals surface area contributed by atoms with Crippen LogP contribution in [-0.4, -0.2) is 44.4 Å². The summed E-state index contributed by atoms with van der Waals surface area (Å²) in [6.45, 7) is 7.81. The summed E-state index contributed by atoms with van der Waals surface area (Å²) in [6, 6.07) is 17.4. The van der Waals surface area contributed by atoms with Gasteiger partial charge in [0.15, 0.2) is 6.04 Å². The van der Waals surface area contributed by atoms with Crippen molar-refractivity contribution in [2.45, 2.75) is 58.8 Å². The number of nitrogens with zero attached hydrogens (tertiary/aromatic N) is 4. The first-order chi connectivity index (χ1) is 17.7. The van der Waals surface area contributed by atoms with Crippen molar-refractivity contribution < 1.29 is 18.7 Å². The minimum Gasteiger partial charge on any atom is -0.497 e. The monoisotopic (exact) mass is 503 g/mol. The normalized spacial score (nSPS) is 12.4. The maximum Gasteiger partial charge on any atom is 0.251 e. The molecule has 0 saturated heterocycles. The zero-order valence-corrected chi connectivity index (χ0v) is 21.9. The highest BCUT2D eigenvalue weighted by Gasteiger charge is 2.36. The van der Waals surface area contributed by atoms with Crippen LogP contribution < -0.4 is 10.1 Å². The number of methoxy groups -OCH3 is 1. The van der Waals surface area contributed by atoms with Crippen LogP contribution in [0.2, 0.25) is 0 Å². The molecule has 0 aliphatic rings. The maximum absolute atomic E-state index is 13.9. The summed E-state index contributed by atoms with van der Waals surface area (Å²) in [6.07, 6.45) is 0.722. The Labute approximate surface area is 216 Å². The van der Waals surface area contributed by atoms with Gasteiger partial charge in [-0.3, -0.25) is 9.59 Å². The third-order valence-electron chi connectivity index (χ3n) is 6.47. The molecule has 2 aromatic heterocycles. The molecule has 2 amide bonds. The van der Waals surface area contributed by atoms with E-state index in [0.29, 0.717) is 22.8 Å². The van der Waals surface area contributed by atoms with Crippen LogP contribution in [0.5, 0.6) is 5.75 Å². The van der Waals surface area contributed by atoms with Crippen LogP contribution in [0.3, 0.4) is 0 Å². The van der Waals surface area contributed by atoms with Gasteiger partial charge in [0.05, 0.1) is 12.6 Å². The summed E-state index contributed by atoms with van der Waals surface area (Å²) in [5.74, 6) is 1.15. The van der Waals surface area contributed by atoms with Crippen molar-refractivity contribution in [1.29, 1.82) is 0 Å². The van der Waals surface area contributed by atoms with Crippen molar-refractivity contribution in [3.05, 3.63) is 77.7 Å². The van der Waals surface area contributed by atoms with E-state index < -0.39 is 11.6 Å². The molecule has 4 aromatic rings.